The van der Waals surface area contributed by atoms with Crippen molar-refractivity contribution in [3.05, 3.63) is 81.7 Å². The monoisotopic (exact) mass is 407 g/mol. The molecule has 0 saturated heterocycles. The molecule has 0 aliphatic heterocycles. The molecule has 0 radical (unpaired) electrons. The summed E-state index contributed by atoms with van der Waals surface area (Å²) in [6, 6.07) is 13.7. The number of ether oxygens (including phenoxy) is 2. The van der Waals surface area contributed by atoms with Crippen LogP contribution in [0.15, 0.2) is 63.8 Å². The summed E-state index contributed by atoms with van der Waals surface area (Å²) >= 11 is 0. The van der Waals surface area contributed by atoms with Gasteiger partial charge >= 0.3 is 11.6 Å². The van der Waals surface area contributed by atoms with Crippen LogP contribution in [-0.4, -0.2) is 32.1 Å². The fraction of sp³-hybridized carbons (Fsp3) is 0.174. The van der Waals surface area contributed by atoms with E-state index in [1.807, 2.05) is 31.2 Å². The van der Waals surface area contributed by atoms with Gasteiger partial charge in [0, 0.05) is 31.2 Å². The van der Waals surface area contributed by atoms with Crippen molar-refractivity contribution in [1.29, 1.82) is 0 Å². The minimum atomic E-state index is -0.778. The van der Waals surface area contributed by atoms with Gasteiger partial charge < -0.3 is 19.2 Å². The van der Waals surface area contributed by atoms with Gasteiger partial charge in [-0.05, 0) is 36.8 Å². The van der Waals surface area contributed by atoms with E-state index >= 15 is 0 Å². The molecule has 0 saturated carbocycles. The first-order valence-corrected chi connectivity index (χ1v) is 9.28. The highest BCUT2D eigenvalue weighted by Crippen LogP contribution is 2.21. The molecule has 3 rings (SSSR count). The number of rotatable bonds is 7. The third-order valence-corrected chi connectivity index (χ3v) is 4.25. The number of esters is 1. The number of benzene rings is 2. The van der Waals surface area contributed by atoms with Crippen LogP contribution in [0.5, 0.6) is 5.75 Å². The van der Waals surface area contributed by atoms with Crippen molar-refractivity contribution in [1.82, 2.24) is 5.32 Å². The van der Waals surface area contributed by atoms with Crippen molar-refractivity contribution < 1.29 is 23.5 Å². The average Bonchev–Trinajstić information content (AvgIpc) is 2.73. The van der Waals surface area contributed by atoms with Gasteiger partial charge in [-0.15, -0.1) is 0 Å². The third kappa shape index (κ3) is 5.42. The second-order valence-electron chi connectivity index (χ2n) is 6.56. The molecule has 0 bridgehead atoms. The number of aryl methyl sites for hydroxylation is 1. The molecule has 30 heavy (non-hydrogen) atoms. The van der Waals surface area contributed by atoms with Crippen LogP contribution in [0.1, 0.15) is 21.5 Å². The molecule has 0 aliphatic carbocycles. The fourth-order valence-electron chi connectivity index (χ4n) is 2.67. The van der Waals surface area contributed by atoms with E-state index in [4.69, 9.17) is 13.9 Å². The molecule has 3 aromatic rings. The highest BCUT2D eigenvalue weighted by molar-refractivity contribution is 5.97. The second kappa shape index (κ2) is 9.67. The highest BCUT2D eigenvalue weighted by Gasteiger charge is 2.14. The second-order valence-corrected chi connectivity index (χ2v) is 6.56. The minimum Gasteiger partial charge on any atom is -0.423 e. The van der Waals surface area contributed by atoms with E-state index in [2.05, 4.69) is 5.32 Å². The maximum atomic E-state index is 12.1. The Labute approximate surface area is 172 Å². The van der Waals surface area contributed by atoms with Crippen LogP contribution < -0.4 is 15.7 Å². The van der Waals surface area contributed by atoms with Crippen molar-refractivity contribution in [3.63, 3.8) is 0 Å². The fourth-order valence-corrected chi connectivity index (χ4v) is 2.67. The van der Waals surface area contributed by atoms with Crippen molar-refractivity contribution in [2.45, 2.75) is 6.92 Å². The number of carbonyl (C=O) groups is 2. The molecule has 7 heteroatoms. The lowest BCUT2D eigenvalue weighted by Crippen LogP contribution is -2.30. The largest absolute Gasteiger partial charge is 0.423 e. The standard InChI is InChI=1S/C23H21NO6/c1-15-3-5-16(6-4-15)7-10-21(25)29-18-9-8-17-13-19(22(26)24-11-12-28-2)23(27)30-20(17)14-18/h3-10,13-14H,11-12H2,1-2H3,(H,24,26)/b10-7+. The molecule has 1 heterocycles. The average molecular weight is 407 g/mol. The Morgan fingerprint density at radius 2 is 1.87 bits per heavy atom. The Hall–Kier alpha value is -3.71. The van der Waals surface area contributed by atoms with E-state index in [1.165, 1.54) is 25.3 Å². The molecule has 1 aromatic heterocycles. The van der Waals surface area contributed by atoms with E-state index in [-0.39, 0.29) is 23.4 Å². The van der Waals surface area contributed by atoms with E-state index in [1.54, 1.807) is 18.2 Å². The lowest BCUT2D eigenvalue weighted by Gasteiger charge is -2.06. The van der Waals surface area contributed by atoms with Crippen LogP contribution in [0.3, 0.4) is 0 Å². The van der Waals surface area contributed by atoms with Crippen molar-refractivity contribution >= 4 is 28.9 Å². The van der Waals surface area contributed by atoms with E-state index in [0.717, 1.165) is 11.1 Å². The summed E-state index contributed by atoms with van der Waals surface area (Å²) in [7, 11) is 1.51. The number of hydrogen-bond donors (Lipinski definition) is 1. The molecule has 0 spiro atoms. The zero-order chi connectivity index (χ0) is 21.5. The van der Waals surface area contributed by atoms with E-state index in [9.17, 15) is 14.4 Å². The van der Waals surface area contributed by atoms with Crippen LogP contribution in [-0.2, 0) is 9.53 Å². The number of carbonyl (C=O) groups excluding carboxylic acids is 2. The van der Waals surface area contributed by atoms with Gasteiger partial charge in [0.15, 0.2) is 0 Å². The van der Waals surface area contributed by atoms with E-state index < -0.39 is 17.5 Å². The maximum absolute atomic E-state index is 12.1. The molecule has 0 atom stereocenters. The minimum absolute atomic E-state index is 0.107. The SMILES string of the molecule is COCCNC(=O)c1cc2ccc(OC(=O)/C=C/c3ccc(C)cc3)cc2oc1=O. The molecule has 0 aliphatic rings. The van der Waals surface area contributed by atoms with Gasteiger partial charge in [-0.3, -0.25) is 4.79 Å². The van der Waals surface area contributed by atoms with Gasteiger partial charge in [-0.25, -0.2) is 9.59 Å². The van der Waals surface area contributed by atoms with Crippen LogP contribution in [0.25, 0.3) is 17.0 Å². The Kier molecular flexibility index (Phi) is 6.77. The smallest absolute Gasteiger partial charge is 0.349 e. The molecule has 1 amide bonds. The maximum Gasteiger partial charge on any atom is 0.349 e. The lowest BCUT2D eigenvalue weighted by molar-refractivity contribution is -0.128. The van der Waals surface area contributed by atoms with Crippen LogP contribution in [0, 0.1) is 6.92 Å². The first-order valence-electron chi connectivity index (χ1n) is 9.28. The Balaban J connectivity index is 1.72. The lowest BCUT2D eigenvalue weighted by atomic mass is 10.1. The quantitative estimate of drug-likeness (QED) is 0.213. The summed E-state index contributed by atoms with van der Waals surface area (Å²) in [5.74, 6) is -0.882. The number of hydrogen-bond acceptors (Lipinski definition) is 6. The molecular formula is C23H21NO6. The highest BCUT2D eigenvalue weighted by atomic mass is 16.5. The summed E-state index contributed by atoms with van der Waals surface area (Å²) in [6.45, 7) is 2.59. The number of amides is 1. The number of methoxy groups -OCH3 is 1. The zero-order valence-corrected chi connectivity index (χ0v) is 16.6. The van der Waals surface area contributed by atoms with Crippen molar-refractivity contribution in [3.8, 4) is 5.75 Å². The first kappa shape index (κ1) is 21.0. The van der Waals surface area contributed by atoms with Gasteiger partial charge in [0.25, 0.3) is 5.91 Å². The molecule has 0 unspecified atom stereocenters. The Morgan fingerprint density at radius 1 is 1.10 bits per heavy atom. The molecule has 7 nitrogen and oxygen atoms in total. The zero-order valence-electron chi connectivity index (χ0n) is 16.6. The normalized spacial score (nSPS) is 11.0. The predicted octanol–water partition coefficient (Wildman–Crippen LogP) is 3.10. The predicted molar refractivity (Wildman–Crippen MR) is 113 cm³/mol. The van der Waals surface area contributed by atoms with Gasteiger partial charge in [0.05, 0.1) is 6.61 Å². The first-order chi connectivity index (χ1) is 14.5. The van der Waals surface area contributed by atoms with Crippen LogP contribution >= 0.6 is 0 Å². The third-order valence-electron chi connectivity index (χ3n) is 4.25. The summed E-state index contributed by atoms with van der Waals surface area (Å²) in [5, 5.41) is 3.10. The van der Waals surface area contributed by atoms with Gasteiger partial charge in [0.1, 0.15) is 16.9 Å². The van der Waals surface area contributed by atoms with Gasteiger partial charge in [-0.1, -0.05) is 29.8 Å². The topological polar surface area (TPSA) is 94.8 Å². The summed E-state index contributed by atoms with van der Waals surface area (Å²) in [5.41, 5.74) is 1.33. The number of fused-ring (bicyclic) bond motifs is 1. The van der Waals surface area contributed by atoms with Gasteiger partial charge in [-0.2, -0.15) is 0 Å². The molecule has 2 aromatic carbocycles. The number of nitrogens with one attached hydrogen (secondary N) is 1. The molecular weight excluding hydrogens is 386 g/mol. The van der Waals surface area contributed by atoms with E-state index in [0.29, 0.717) is 12.0 Å². The molecule has 0 fully saturated rings. The van der Waals surface area contributed by atoms with Crippen molar-refractivity contribution in [2.24, 2.45) is 0 Å². The van der Waals surface area contributed by atoms with Crippen LogP contribution in [0.4, 0.5) is 0 Å². The summed E-state index contributed by atoms with van der Waals surface area (Å²) < 4.78 is 15.4. The molecule has 1 N–H and O–H groups in total. The van der Waals surface area contributed by atoms with Crippen molar-refractivity contribution in [2.75, 3.05) is 20.3 Å². The Bertz CT molecular complexity index is 1140. The Morgan fingerprint density at radius 3 is 2.60 bits per heavy atom. The van der Waals surface area contributed by atoms with Crippen LogP contribution in [0.2, 0.25) is 0 Å². The summed E-state index contributed by atoms with van der Waals surface area (Å²) in [6.07, 6.45) is 2.97. The summed E-state index contributed by atoms with van der Waals surface area (Å²) in [4.78, 5) is 36.3. The van der Waals surface area contributed by atoms with Gasteiger partial charge in [0.2, 0.25) is 0 Å². The molecule has 154 valence electrons.